The van der Waals surface area contributed by atoms with Crippen LogP contribution in [-0.4, -0.2) is 26.6 Å². The third-order valence-corrected chi connectivity index (χ3v) is 5.55. The highest BCUT2D eigenvalue weighted by Gasteiger charge is 2.20. The Bertz CT molecular complexity index is 751. The van der Waals surface area contributed by atoms with Crippen LogP contribution in [0.2, 0.25) is 0 Å². The number of aromatic carboxylic acids is 1. The molecule has 0 unspecified atom stereocenters. The highest BCUT2D eigenvalue weighted by atomic mass is 32.2. The molecule has 0 aliphatic heterocycles. The van der Waals surface area contributed by atoms with Gasteiger partial charge in [-0.3, -0.25) is 4.72 Å². The number of carboxylic acid groups (broad SMARTS) is 1. The van der Waals surface area contributed by atoms with Gasteiger partial charge in [0.05, 0.1) is 12.3 Å². The van der Waals surface area contributed by atoms with Crippen molar-refractivity contribution in [3.63, 3.8) is 0 Å². The fraction of sp³-hybridized carbons (Fsp3) is 0.154. The molecule has 0 aliphatic carbocycles. The maximum absolute atomic E-state index is 12.3. The van der Waals surface area contributed by atoms with Gasteiger partial charge in [0.25, 0.3) is 10.0 Å². The lowest BCUT2D eigenvalue weighted by Gasteiger charge is -2.10. The number of methoxy groups -OCH3 is 1. The summed E-state index contributed by atoms with van der Waals surface area (Å²) in [6.07, 6.45) is 0. The van der Waals surface area contributed by atoms with Gasteiger partial charge >= 0.3 is 5.97 Å². The van der Waals surface area contributed by atoms with Gasteiger partial charge in [-0.15, -0.1) is 11.3 Å². The van der Waals surface area contributed by atoms with E-state index in [9.17, 15) is 13.2 Å². The van der Waals surface area contributed by atoms with Crippen molar-refractivity contribution in [1.82, 2.24) is 0 Å². The van der Waals surface area contributed by atoms with Crippen LogP contribution >= 0.6 is 11.3 Å². The number of carbonyl (C=O) groups is 1. The average molecular weight is 327 g/mol. The molecule has 1 heterocycles. The van der Waals surface area contributed by atoms with E-state index in [0.717, 1.165) is 0 Å². The van der Waals surface area contributed by atoms with E-state index >= 15 is 0 Å². The van der Waals surface area contributed by atoms with Gasteiger partial charge in [0.2, 0.25) is 0 Å². The van der Waals surface area contributed by atoms with Crippen molar-refractivity contribution in [2.45, 2.75) is 10.8 Å². The van der Waals surface area contributed by atoms with Crippen LogP contribution < -0.4 is 4.72 Å². The number of rotatable bonds is 6. The number of para-hydroxylation sites is 1. The first-order valence-corrected chi connectivity index (χ1v) is 8.17. The molecule has 0 atom stereocenters. The standard InChI is InChI=1S/C13H13NO5S2/c1-19-8-9-4-2-3-5-10(9)14-21(17,18)12-7-6-11(20-12)13(15)16/h2-7,14H,8H2,1H3,(H,15,16). The second-order valence-electron chi connectivity index (χ2n) is 4.12. The Morgan fingerprint density at radius 3 is 2.62 bits per heavy atom. The summed E-state index contributed by atoms with van der Waals surface area (Å²) in [5.41, 5.74) is 1.10. The fourth-order valence-electron chi connectivity index (χ4n) is 1.68. The first-order chi connectivity index (χ1) is 9.94. The molecular weight excluding hydrogens is 314 g/mol. The summed E-state index contributed by atoms with van der Waals surface area (Å²) in [6, 6.07) is 9.39. The molecule has 21 heavy (non-hydrogen) atoms. The zero-order valence-electron chi connectivity index (χ0n) is 11.1. The summed E-state index contributed by atoms with van der Waals surface area (Å²) >= 11 is 0.705. The van der Waals surface area contributed by atoms with Crippen LogP contribution in [-0.2, 0) is 21.4 Å². The zero-order valence-corrected chi connectivity index (χ0v) is 12.7. The number of carboxylic acids is 1. The lowest BCUT2D eigenvalue weighted by atomic mass is 10.2. The molecular formula is C13H13NO5S2. The Morgan fingerprint density at radius 2 is 2.00 bits per heavy atom. The monoisotopic (exact) mass is 327 g/mol. The molecule has 1 aromatic carbocycles. The zero-order chi connectivity index (χ0) is 15.5. The Labute approximate surface area is 126 Å². The first-order valence-electron chi connectivity index (χ1n) is 5.87. The molecule has 8 heteroatoms. The minimum atomic E-state index is -3.82. The number of hydrogen-bond acceptors (Lipinski definition) is 5. The van der Waals surface area contributed by atoms with E-state index in [0.29, 0.717) is 22.6 Å². The largest absolute Gasteiger partial charge is 0.477 e. The summed E-state index contributed by atoms with van der Waals surface area (Å²) in [6.45, 7) is 0.267. The predicted molar refractivity (Wildman–Crippen MR) is 79.2 cm³/mol. The number of thiophene rings is 1. The van der Waals surface area contributed by atoms with E-state index in [2.05, 4.69) is 4.72 Å². The molecule has 0 aliphatic rings. The normalized spacial score (nSPS) is 11.3. The molecule has 0 amide bonds. The van der Waals surface area contributed by atoms with E-state index in [1.165, 1.54) is 19.2 Å². The Hall–Kier alpha value is -1.90. The van der Waals surface area contributed by atoms with Crippen molar-refractivity contribution < 1.29 is 23.1 Å². The quantitative estimate of drug-likeness (QED) is 0.850. The van der Waals surface area contributed by atoms with E-state index in [1.807, 2.05) is 0 Å². The molecule has 0 radical (unpaired) electrons. The summed E-state index contributed by atoms with van der Waals surface area (Å²) in [4.78, 5) is 10.8. The van der Waals surface area contributed by atoms with Crippen LogP contribution in [0.15, 0.2) is 40.6 Å². The van der Waals surface area contributed by atoms with Crippen LogP contribution in [0.1, 0.15) is 15.2 Å². The molecule has 6 nitrogen and oxygen atoms in total. The molecule has 1 aromatic heterocycles. The van der Waals surface area contributed by atoms with E-state index in [1.54, 1.807) is 24.3 Å². The van der Waals surface area contributed by atoms with Gasteiger partial charge in [-0.2, -0.15) is 0 Å². The smallest absolute Gasteiger partial charge is 0.345 e. The molecule has 2 rings (SSSR count). The number of sulfonamides is 1. The van der Waals surface area contributed by atoms with Crippen molar-refractivity contribution in [3.8, 4) is 0 Å². The van der Waals surface area contributed by atoms with E-state index in [4.69, 9.17) is 9.84 Å². The molecule has 2 N–H and O–H groups in total. The van der Waals surface area contributed by atoms with Crippen LogP contribution in [0, 0.1) is 0 Å². The maximum Gasteiger partial charge on any atom is 0.345 e. The summed E-state index contributed by atoms with van der Waals surface area (Å²) in [7, 11) is -2.30. The second-order valence-corrected chi connectivity index (χ2v) is 7.11. The lowest BCUT2D eigenvalue weighted by Crippen LogP contribution is -2.13. The van der Waals surface area contributed by atoms with Gasteiger partial charge in [0, 0.05) is 12.7 Å². The first kappa shape index (κ1) is 15.5. The molecule has 112 valence electrons. The second kappa shape index (κ2) is 6.25. The van der Waals surface area contributed by atoms with E-state index in [-0.39, 0.29) is 15.7 Å². The van der Waals surface area contributed by atoms with Gasteiger partial charge in [0.1, 0.15) is 9.09 Å². The Balaban J connectivity index is 2.30. The topological polar surface area (TPSA) is 92.7 Å². The van der Waals surface area contributed by atoms with Crippen molar-refractivity contribution >= 4 is 33.0 Å². The summed E-state index contributed by atoms with van der Waals surface area (Å²) in [5, 5.41) is 8.85. The minimum Gasteiger partial charge on any atom is -0.477 e. The van der Waals surface area contributed by atoms with Crippen molar-refractivity contribution in [1.29, 1.82) is 0 Å². The highest BCUT2D eigenvalue weighted by molar-refractivity contribution is 7.94. The van der Waals surface area contributed by atoms with Crippen LogP contribution in [0.25, 0.3) is 0 Å². The van der Waals surface area contributed by atoms with Crippen molar-refractivity contribution in [3.05, 3.63) is 46.8 Å². The molecule has 0 saturated carbocycles. The van der Waals surface area contributed by atoms with Gasteiger partial charge in [0.15, 0.2) is 0 Å². The number of anilines is 1. The summed E-state index contributed by atoms with van der Waals surface area (Å²) in [5.74, 6) is -1.15. The number of nitrogens with one attached hydrogen (secondary N) is 1. The van der Waals surface area contributed by atoms with Crippen LogP contribution in [0.3, 0.4) is 0 Å². The van der Waals surface area contributed by atoms with Crippen molar-refractivity contribution in [2.24, 2.45) is 0 Å². The van der Waals surface area contributed by atoms with Crippen LogP contribution in [0.5, 0.6) is 0 Å². The van der Waals surface area contributed by atoms with Crippen molar-refractivity contribution in [2.75, 3.05) is 11.8 Å². The van der Waals surface area contributed by atoms with Gasteiger partial charge in [-0.25, -0.2) is 13.2 Å². The Morgan fingerprint density at radius 1 is 1.29 bits per heavy atom. The molecule has 0 spiro atoms. The fourth-order valence-corrected chi connectivity index (χ4v) is 3.92. The molecule has 0 saturated heterocycles. The summed E-state index contributed by atoms with van der Waals surface area (Å²) < 4.78 is 31.9. The third-order valence-electron chi connectivity index (χ3n) is 2.62. The number of benzene rings is 1. The molecule has 2 aromatic rings. The third kappa shape index (κ3) is 3.60. The van der Waals surface area contributed by atoms with Crippen LogP contribution in [0.4, 0.5) is 5.69 Å². The SMILES string of the molecule is COCc1ccccc1NS(=O)(=O)c1ccc(C(=O)O)s1. The minimum absolute atomic E-state index is 0.0273. The highest BCUT2D eigenvalue weighted by Crippen LogP contribution is 2.25. The maximum atomic E-state index is 12.3. The predicted octanol–water partition coefficient (Wildman–Crippen LogP) is 2.39. The molecule has 0 fully saturated rings. The Kier molecular flexibility index (Phi) is 4.61. The van der Waals surface area contributed by atoms with Gasteiger partial charge in [-0.1, -0.05) is 18.2 Å². The van der Waals surface area contributed by atoms with Gasteiger partial charge in [-0.05, 0) is 18.2 Å². The molecule has 0 bridgehead atoms. The van der Waals surface area contributed by atoms with Gasteiger partial charge < -0.3 is 9.84 Å². The lowest BCUT2D eigenvalue weighted by molar-refractivity contribution is 0.0702. The average Bonchev–Trinajstić information content (AvgIpc) is 2.92. The number of ether oxygens (including phenoxy) is 1. The van der Waals surface area contributed by atoms with E-state index < -0.39 is 16.0 Å². The number of hydrogen-bond donors (Lipinski definition) is 2.